The number of rotatable bonds is 11. The van der Waals surface area contributed by atoms with Crippen LogP contribution in [0.4, 0.5) is 5.95 Å². The van der Waals surface area contributed by atoms with Crippen molar-refractivity contribution in [3.63, 3.8) is 0 Å². The van der Waals surface area contributed by atoms with E-state index in [9.17, 15) is 9.59 Å². The lowest BCUT2D eigenvalue weighted by molar-refractivity contribution is -0.115. The lowest BCUT2D eigenvalue weighted by Crippen LogP contribution is -2.39. The van der Waals surface area contributed by atoms with Gasteiger partial charge in [0.2, 0.25) is 11.9 Å². The number of carbonyl (C=O) groups excluding carboxylic acids is 1. The predicted octanol–water partition coefficient (Wildman–Crippen LogP) is 7.29. The number of anilines is 1. The summed E-state index contributed by atoms with van der Waals surface area (Å²) in [6.45, 7) is 2.08. The molecule has 5 aromatic carbocycles. The molecule has 9 heteroatoms. The molecule has 0 atom stereocenters. The second-order valence-electron chi connectivity index (χ2n) is 13.0. The lowest BCUT2D eigenvalue weighted by atomic mass is 9.76. The van der Waals surface area contributed by atoms with Gasteiger partial charge in [-0.05, 0) is 62.7 Å². The summed E-state index contributed by atoms with van der Waals surface area (Å²) in [6.07, 6.45) is 2.82. The number of amides is 1. The van der Waals surface area contributed by atoms with E-state index in [-0.39, 0.29) is 18.0 Å². The molecule has 8 rings (SSSR count). The first kappa shape index (κ1) is 32.7. The number of nitrogens with one attached hydrogen (secondary N) is 1. The Hall–Kier alpha value is -6.48. The van der Waals surface area contributed by atoms with Crippen molar-refractivity contribution in [3.05, 3.63) is 183 Å². The number of fused-ring (bicyclic) bond motifs is 1. The van der Waals surface area contributed by atoms with E-state index in [0.717, 1.165) is 57.5 Å². The molecule has 1 aliphatic rings. The van der Waals surface area contributed by atoms with Gasteiger partial charge in [0.1, 0.15) is 12.1 Å². The van der Waals surface area contributed by atoms with E-state index in [1.807, 2.05) is 77.5 Å². The van der Waals surface area contributed by atoms with Crippen molar-refractivity contribution in [2.75, 3.05) is 5.32 Å². The summed E-state index contributed by atoms with van der Waals surface area (Å²) in [6, 6.07) is 47.4. The van der Waals surface area contributed by atoms with Crippen LogP contribution in [0.3, 0.4) is 0 Å². The van der Waals surface area contributed by atoms with Crippen molar-refractivity contribution >= 4 is 11.9 Å². The van der Waals surface area contributed by atoms with Gasteiger partial charge in [-0.15, -0.1) is 5.10 Å². The van der Waals surface area contributed by atoms with E-state index in [1.54, 1.807) is 0 Å². The number of aromatic nitrogens is 6. The summed E-state index contributed by atoms with van der Waals surface area (Å²) < 4.78 is 3.38. The van der Waals surface area contributed by atoms with Crippen LogP contribution in [0, 0.1) is 0 Å². The molecule has 0 fully saturated rings. The third-order valence-corrected chi connectivity index (χ3v) is 9.82. The van der Waals surface area contributed by atoms with E-state index < -0.39 is 5.54 Å². The molecule has 1 N–H and O–H groups in total. The van der Waals surface area contributed by atoms with Gasteiger partial charge >= 0.3 is 0 Å². The van der Waals surface area contributed by atoms with E-state index in [2.05, 4.69) is 84.2 Å². The molecular weight excluding hydrogens is 647 g/mol. The third-order valence-electron chi connectivity index (χ3n) is 9.82. The normalized spacial score (nSPS) is 12.4. The fraction of sp³-hybridized carbons (Fsp3) is 0.163. The molecule has 52 heavy (non-hydrogen) atoms. The summed E-state index contributed by atoms with van der Waals surface area (Å²) in [5, 5.41) is 16.7. The van der Waals surface area contributed by atoms with Crippen LogP contribution in [0.15, 0.2) is 144 Å². The van der Waals surface area contributed by atoms with Gasteiger partial charge in [-0.3, -0.25) is 19.5 Å². The lowest BCUT2D eigenvalue weighted by Gasteiger charge is -2.36. The minimum Gasteiger partial charge on any atom is -0.294 e. The Kier molecular flexibility index (Phi) is 8.83. The Balaban J connectivity index is 1.36. The maximum Gasteiger partial charge on any atom is 0.259 e. The van der Waals surface area contributed by atoms with Crippen LogP contribution in [-0.4, -0.2) is 35.7 Å². The number of carbonyl (C=O) groups is 1. The highest BCUT2D eigenvalue weighted by Crippen LogP contribution is 2.43. The van der Waals surface area contributed by atoms with Gasteiger partial charge in [-0.2, -0.15) is 0 Å². The molecule has 1 aliphatic heterocycles. The maximum absolute atomic E-state index is 13.9. The van der Waals surface area contributed by atoms with Crippen LogP contribution in [0.1, 0.15) is 53.3 Å². The molecule has 3 heterocycles. The predicted molar refractivity (Wildman–Crippen MR) is 202 cm³/mol. The van der Waals surface area contributed by atoms with Crippen LogP contribution in [0.2, 0.25) is 0 Å². The average molecular weight is 684 g/mol. The maximum atomic E-state index is 13.9. The Morgan fingerprint density at radius 1 is 0.731 bits per heavy atom. The van der Waals surface area contributed by atoms with Gasteiger partial charge in [0.05, 0.1) is 5.69 Å². The molecule has 0 radical (unpaired) electrons. The summed E-state index contributed by atoms with van der Waals surface area (Å²) in [4.78, 5) is 31.0. The first-order valence-corrected chi connectivity index (χ1v) is 17.6. The zero-order valence-electron chi connectivity index (χ0n) is 28.8. The standard InChI is InChI=1S/C43H37N7O2/c1-2-3-24-38-37(41(52)49-29-39(51)45-42(49)44-38)28-30-25-26-35(31-16-8-4-9-17-31)36(27-30)40-46-47-48-50(40)43(32-18-10-5-11-19-32,33-20-12-6-13-21-33)34-22-14-7-15-23-34/h4-23,25-27H,2-3,24,28-29H2,1H3,(H,44,45,51). The molecule has 9 nitrogen and oxygen atoms in total. The first-order chi connectivity index (χ1) is 25.6. The summed E-state index contributed by atoms with van der Waals surface area (Å²) in [7, 11) is 0. The topological polar surface area (TPSA) is 108 Å². The van der Waals surface area contributed by atoms with Crippen molar-refractivity contribution in [2.45, 2.75) is 44.7 Å². The van der Waals surface area contributed by atoms with Crippen LogP contribution in [0.25, 0.3) is 22.5 Å². The van der Waals surface area contributed by atoms with E-state index >= 15 is 0 Å². The average Bonchev–Trinajstić information content (AvgIpc) is 3.84. The molecule has 1 amide bonds. The van der Waals surface area contributed by atoms with Gasteiger partial charge in [-0.25, -0.2) is 9.67 Å². The highest BCUT2D eigenvalue weighted by atomic mass is 16.2. The number of benzene rings is 5. The number of tetrazole rings is 1. The number of unbranched alkanes of at least 4 members (excludes halogenated alkanes) is 1. The van der Waals surface area contributed by atoms with E-state index in [4.69, 9.17) is 15.3 Å². The minimum absolute atomic E-state index is 0.0320. The molecular formula is C43H37N7O2. The van der Waals surface area contributed by atoms with E-state index in [0.29, 0.717) is 30.2 Å². The highest BCUT2D eigenvalue weighted by Gasteiger charge is 2.42. The second-order valence-corrected chi connectivity index (χ2v) is 13.0. The molecule has 0 saturated heterocycles. The van der Waals surface area contributed by atoms with Gasteiger partial charge in [0.15, 0.2) is 5.82 Å². The van der Waals surface area contributed by atoms with Crippen LogP contribution >= 0.6 is 0 Å². The van der Waals surface area contributed by atoms with Crippen molar-refractivity contribution in [2.24, 2.45) is 0 Å². The summed E-state index contributed by atoms with van der Waals surface area (Å²) >= 11 is 0. The zero-order chi connectivity index (χ0) is 35.5. The Morgan fingerprint density at radius 2 is 1.33 bits per heavy atom. The first-order valence-electron chi connectivity index (χ1n) is 17.6. The zero-order valence-corrected chi connectivity index (χ0v) is 28.8. The molecule has 256 valence electrons. The molecule has 0 bridgehead atoms. The quantitative estimate of drug-likeness (QED) is 0.144. The van der Waals surface area contributed by atoms with Crippen molar-refractivity contribution in [1.29, 1.82) is 0 Å². The molecule has 0 aliphatic carbocycles. The monoisotopic (exact) mass is 683 g/mol. The summed E-state index contributed by atoms with van der Waals surface area (Å²) in [5.41, 5.74) is 6.87. The Labute approximate surface area is 301 Å². The molecule has 7 aromatic rings. The van der Waals surface area contributed by atoms with Crippen molar-refractivity contribution in [3.8, 4) is 22.5 Å². The van der Waals surface area contributed by atoms with Crippen molar-refractivity contribution in [1.82, 2.24) is 29.8 Å². The van der Waals surface area contributed by atoms with Gasteiger partial charge in [0.25, 0.3) is 5.56 Å². The SMILES string of the molecule is CCCCc1nc2n(c(=O)c1Cc1ccc(-c3ccccc3)c(-c3nnnn3C(c3ccccc3)(c3ccccc3)c3ccccc3)c1)CC(=O)N2. The fourth-order valence-corrected chi connectivity index (χ4v) is 7.36. The highest BCUT2D eigenvalue weighted by molar-refractivity contribution is 5.92. The second kappa shape index (κ2) is 14.0. The van der Waals surface area contributed by atoms with E-state index in [1.165, 1.54) is 4.57 Å². The number of nitrogens with zero attached hydrogens (tertiary/aromatic N) is 6. The number of hydrogen-bond acceptors (Lipinski definition) is 6. The molecule has 0 saturated carbocycles. The molecule has 0 spiro atoms. The van der Waals surface area contributed by atoms with Gasteiger partial charge in [0, 0.05) is 17.5 Å². The number of aryl methyl sites for hydroxylation is 1. The van der Waals surface area contributed by atoms with Crippen LogP contribution in [-0.2, 0) is 29.7 Å². The largest absolute Gasteiger partial charge is 0.294 e. The smallest absolute Gasteiger partial charge is 0.259 e. The van der Waals surface area contributed by atoms with Gasteiger partial charge < -0.3 is 0 Å². The minimum atomic E-state index is -0.942. The van der Waals surface area contributed by atoms with Gasteiger partial charge in [-0.1, -0.05) is 147 Å². The summed E-state index contributed by atoms with van der Waals surface area (Å²) in [5.74, 6) is 0.661. The number of hydrogen-bond donors (Lipinski definition) is 1. The van der Waals surface area contributed by atoms with Crippen LogP contribution < -0.4 is 10.9 Å². The van der Waals surface area contributed by atoms with Crippen LogP contribution in [0.5, 0.6) is 0 Å². The molecule has 2 aromatic heterocycles. The Morgan fingerprint density at radius 3 is 1.92 bits per heavy atom. The third kappa shape index (κ3) is 5.80. The Bertz CT molecular complexity index is 2310. The van der Waals surface area contributed by atoms with Crippen molar-refractivity contribution < 1.29 is 4.79 Å². The molecule has 0 unspecified atom stereocenters. The fourth-order valence-electron chi connectivity index (χ4n) is 7.36.